The van der Waals surface area contributed by atoms with Crippen molar-refractivity contribution < 1.29 is 28.7 Å². The largest absolute Gasteiger partial charge is 0.514 e. The Hall–Kier alpha value is -3.47. The molecule has 2 aliphatic carbocycles. The molecule has 0 saturated heterocycles. The summed E-state index contributed by atoms with van der Waals surface area (Å²) < 4.78 is 17.6. The lowest BCUT2D eigenvalue weighted by atomic mass is 10.0. The van der Waals surface area contributed by atoms with E-state index in [0.717, 1.165) is 18.5 Å². The first kappa shape index (κ1) is 25.6. The molecular weight excluding hydrogens is 468 g/mol. The van der Waals surface area contributed by atoms with Crippen molar-refractivity contribution in [2.75, 3.05) is 19.0 Å². The third-order valence-electron chi connectivity index (χ3n) is 6.57. The summed E-state index contributed by atoms with van der Waals surface area (Å²) >= 11 is 0. The number of ether oxygens (including phenoxy) is 3. The molecule has 2 saturated carbocycles. The molecule has 11 heteroatoms. The average molecular weight is 501 g/mol. The van der Waals surface area contributed by atoms with Gasteiger partial charge in [-0.25, -0.2) is 9.48 Å². The summed E-state index contributed by atoms with van der Waals surface area (Å²) in [5.41, 5.74) is 0.421. The van der Waals surface area contributed by atoms with Crippen LogP contribution in [0.25, 0.3) is 0 Å². The number of methoxy groups -OCH3 is 1. The molecule has 1 amide bonds. The molecule has 0 unspecified atom stereocenters. The predicted molar refractivity (Wildman–Crippen MR) is 130 cm³/mol. The van der Waals surface area contributed by atoms with E-state index in [4.69, 9.17) is 19.3 Å². The van der Waals surface area contributed by atoms with Crippen LogP contribution >= 0.6 is 0 Å². The van der Waals surface area contributed by atoms with Crippen LogP contribution in [0.15, 0.2) is 30.3 Å². The molecular formula is C25H32N4O7. The summed E-state index contributed by atoms with van der Waals surface area (Å²) in [4.78, 5) is 35.2. The second-order valence-electron chi connectivity index (χ2n) is 10.4. The van der Waals surface area contributed by atoms with Gasteiger partial charge in [-0.2, -0.15) is 5.10 Å². The highest BCUT2D eigenvalue weighted by Crippen LogP contribution is 2.41. The van der Waals surface area contributed by atoms with Gasteiger partial charge in [0.05, 0.1) is 16.2 Å². The normalized spacial score (nSPS) is 23.2. The summed E-state index contributed by atoms with van der Waals surface area (Å²) in [7, 11) is 1.64. The van der Waals surface area contributed by atoms with Crippen molar-refractivity contribution in [1.82, 2.24) is 9.78 Å². The zero-order chi connectivity index (χ0) is 26.0. The number of nitrogens with one attached hydrogen (secondary N) is 1. The highest BCUT2D eigenvalue weighted by Gasteiger charge is 2.43. The first-order valence-corrected chi connectivity index (χ1v) is 12.1. The topological polar surface area (TPSA) is 135 Å². The molecule has 2 aromatic rings. The van der Waals surface area contributed by atoms with E-state index in [0.29, 0.717) is 25.3 Å². The molecule has 4 atom stereocenters. The van der Waals surface area contributed by atoms with Gasteiger partial charge in [-0.05, 0) is 64.5 Å². The van der Waals surface area contributed by atoms with E-state index < -0.39 is 11.1 Å². The molecule has 0 spiro atoms. The molecule has 36 heavy (non-hydrogen) atoms. The first-order valence-electron chi connectivity index (χ1n) is 12.1. The van der Waals surface area contributed by atoms with Crippen molar-refractivity contribution >= 4 is 23.6 Å². The van der Waals surface area contributed by atoms with Crippen LogP contribution in [0.1, 0.15) is 58.1 Å². The van der Waals surface area contributed by atoms with Crippen LogP contribution in [0, 0.1) is 22.0 Å². The molecule has 194 valence electrons. The lowest BCUT2D eigenvalue weighted by Crippen LogP contribution is -2.27. The SMILES string of the molecule is COC[C@H]1C[C@@H]1C(=O)Nc1cc([C@H]2CC[C@@H](OC(=O)Oc3ccc([N+](=O)[O-])cc3)C2)nn1C(C)(C)C. The van der Waals surface area contributed by atoms with Crippen LogP contribution in [0.4, 0.5) is 16.3 Å². The maximum Gasteiger partial charge on any atom is 0.514 e. The van der Waals surface area contributed by atoms with E-state index in [9.17, 15) is 19.7 Å². The quantitative estimate of drug-likeness (QED) is 0.240. The van der Waals surface area contributed by atoms with Gasteiger partial charge in [0.25, 0.3) is 5.69 Å². The van der Waals surface area contributed by atoms with E-state index in [2.05, 4.69) is 5.32 Å². The van der Waals surface area contributed by atoms with E-state index in [1.807, 2.05) is 31.5 Å². The Morgan fingerprint density at radius 2 is 1.92 bits per heavy atom. The third-order valence-corrected chi connectivity index (χ3v) is 6.57. The Balaban J connectivity index is 1.36. The van der Waals surface area contributed by atoms with Crippen molar-refractivity contribution in [3.63, 3.8) is 0 Å². The summed E-state index contributed by atoms with van der Waals surface area (Å²) in [5, 5.41) is 18.6. The van der Waals surface area contributed by atoms with E-state index >= 15 is 0 Å². The van der Waals surface area contributed by atoms with Gasteiger partial charge in [0.1, 0.15) is 17.7 Å². The van der Waals surface area contributed by atoms with Gasteiger partial charge < -0.3 is 19.5 Å². The van der Waals surface area contributed by atoms with Crippen LogP contribution in [0.3, 0.4) is 0 Å². The van der Waals surface area contributed by atoms with Crippen LogP contribution in [-0.4, -0.2) is 46.6 Å². The fourth-order valence-electron chi connectivity index (χ4n) is 4.59. The second-order valence-corrected chi connectivity index (χ2v) is 10.4. The number of hydrogen-bond acceptors (Lipinski definition) is 8. The summed E-state index contributed by atoms with van der Waals surface area (Å²) in [6.07, 6.45) is 1.67. The van der Waals surface area contributed by atoms with Crippen molar-refractivity contribution in [3.8, 4) is 5.75 Å². The van der Waals surface area contributed by atoms with Gasteiger partial charge in [0, 0.05) is 43.8 Å². The number of hydrogen-bond donors (Lipinski definition) is 1. The molecule has 0 bridgehead atoms. The number of amides is 1. The molecule has 1 heterocycles. The number of nitro groups is 1. The number of non-ortho nitro benzene ring substituents is 1. The average Bonchev–Trinajstić information content (AvgIpc) is 3.21. The monoisotopic (exact) mass is 500 g/mol. The number of anilines is 1. The Bertz CT molecular complexity index is 1120. The Kier molecular flexibility index (Phi) is 7.30. The smallest absolute Gasteiger partial charge is 0.431 e. The minimum Gasteiger partial charge on any atom is -0.431 e. The zero-order valence-electron chi connectivity index (χ0n) is 20.9. The van der Waals surface area contributed by atoms with Gasteiger partial charge in [-0.15, -0.1) is 0 Å². The number of carbonyl (C=O) groups is 2. The van der Waals surface area contributed by atoms with Crippen LogP contribution in [0.2, 0.25) is 0 Å². The molecule has 4 rings (SSSR count). The van der Waals surface area contributed by atoms with Gasteiger partial charge in [-0.1, -0.05) is 0 Å². The molecule has 0 radical (unpaired) electrons. The van der Waals surface area contributed by atoms with E-state index in [1.165, 1.54) is 24.3 Å². The lowest BCUT2D eigenvalue weighted by Gasteiger charge is -2.22. The van der Waals surface area contributed by atoms with E-state index in [1.54, 1.807) is 7.11 Å². The summed E-state index contributed by atoms with van der Waals surface area (Å²) in [6.45, 7) is 6.66. The van der Waals surface area contributed by atoms with Gasteiger partial charge >= 0.3 is 6.16 Å². The summed E-state index contributed by atoms with van der Waals surface area (Å²) in [6, 6.07) is 7.14. The highest BCUT2D eigenvalue weighted by molar-refractivity contribution is 5.93. The van der Waals surface area contributed by atoms with Crippen LogP contribution in [-0.2, 0) is 19.8 Å². The number of nitro benzene ring substituents is 1. The first-order chi connectivity index (χ1) is 17.0. The second kappa shape index (κ2) is 10.3. The Labute approximate surface area is 209 Å². The number of nitrogens with zero attached hydrogens (tertiary/aromatic N) is 3. The molecule has 1 aromatic heterocycles. The van der Waals surface area contributed by atoms with Crippen molar-refractivity contribution in [2.24, 2.45) is 11.8 Å². The van der Waals surface area contributed by atoms with Crippen LogP contribution < -0.4 is 10.1 Å². The van der Waals surface area contributed by atoms with Gasteiger partial charge in [0.2, 0.25) is 5.91 Å². The van der Waals surface area contributed by atoms with Crippen molar-refractivity contribution in [2.45, 2.75) is 64.0 Å². The number of rotatable bonds is 8. The molecule has 1 aromatic carbocycles. The molecule has 1 N–H and O–H groups in total. The predicted octanol–water partition coefficient (Wildman–Crippen LogP) is 4.62. The molecule has 0 aliphatic heterocycles. The molecule has 2 fully saturated rings. The Morgan fingerprint density at radius 1 is 1.19 bits per heavy atom. The minimum absolute atomic E-state index is 0.0179. The fraction of sp³-hybridized carbons (Fsp3) is 0.560. The van der Waals surface area contributed by atoms with E-state index in [-0.39, 0.29) is 46.7 Å². The number of benzene rings is 1. The maximum absolute atomic E-state index is 12.7. The minimum atomic E-state index is -0.849. The standard InChI is InChI=1S/C25H32N4O7/c1-25(2,3)28-22(26-23(30)20-12-16(20)14-34-4)13-21(27-28)15-5-8-19(11-15)36-24(31)35-18-9-6-17(7-10-18)29(32)33/h6-7,9-10,13,15-16,19-20H,5,8,11-12,14H2,1-4H3,(H,26,30)/t15-,16+,19+,20-/m0/s1. The van der Waals surface area contributed by atoms with Crippen molar-refractivity contribution in [3.05, 3.63) is 46.1 Å². The van der Waals surface area contributed by atoms with Crippen molar-refractivity contribution in [1.29, 1.82) is 0 Å². The summed E-state index contributed by atoms with van der Waals surface area (Å²) in [5.74, 6) is 1.11. The zero-order valence-corrected chi connectivity index (χ0v) is 20.9. The van der Waals surface area contributed by atoms with Gasteiger partial charge in [0.15, 0.2) is 0 Å². The maximum atomic E-state index is 12.7. The van der Waals surface area contributed by atoms with Crippen LogP contribution in [0.5, 0.6) is 5.75 Å². The van der Waals surface area contributed by atoms with Gasteiger partial charge in [-0.3, -0.25) is 14.9 Å². The molecule has 11 nitrogen and oxygen atoms in total. The Morgan fingerprint density at radius 3 is 2.56 bits per heavy atom. The number of aromatic nitrogens is 2. The number of carbonyl (C=O) groups excluding carboxylic acids is 2. The fourth-order valence-corrected chi connectivity index (χ4v) is 4.59. The highest BCUT2D eigenvalue weighted by atomic mass is 16.7. The lowest BCUT2D eigenvalue weighted by molar-refractivity contribution is -0.384. The third kappa shape index (κ3) is 6.01. The molecule has 2 aliphatic rings.